The van der Waals surface area contributed by atoms with Crippen LogP contribution in [-0.2, 0) is 4.79 Å². The molecule has 0 bridgehead atoms. The summed E-state index contributed by atoms with van der Waals surface area (Å²) in [4.78, 5) is 14.6. The highest BCUT2D eigenvalue weighted by molar-refractivity contribution is 5.89. The molecule has 0 aliphatic carbocycles. The molecule has 2 aromatic rings. The zero-order valence-corrected chi connectivity index (χ0v) is 9.25. The fourth-order valence-corrected chi connectivity index (χ4v) is 1.59. The lowest BCUT2D eigenvalue weighted by molar-refractivity contribution is -0.131. The minimum Gasteiger partial charge on any atom is -0.496 e. The number of carboxylic acids is 1. The molecule has 1 N–H and O–H groups in total. The van der Waals surface area contributed by atoms with Gasteiger partial charge in [0.25, 0.3) is 0 Å². The van der Waals surface area contributed by atoms with Crippen LogP contribution in [0.2, 0.25) is 0 Å². The number of rotatable bonds is 3. The minimum absolute atomic E-state index is 0.753. The van der Waals surface area contributed by atoms with Crippen molar-refractivity contribution in [3.63, 3.8) is 0 Å². The first kappa shape index (κ1) is 11.1. The van der Waals surface area contributed by atoms with E-state index in [4.69, 9.17) is 9.84 Å². The van der Waals surface area contributed by atoms with Crippen LogP contribution in [0, 0.1) is 0 Å². The first-order valence-electron chi connectivity index (χ1n) is 5.04. The molecule has 1 aromatic heterocycles. The minimum atomic E-state index is -0.969. The lowest BCUT2D eigenvalue weighted by Crippen LogP contribution is -1.88. The summed E-state index contributed by atoms with van der Waals surface area (Å²) in [6.07, 6.45) is 4.29. The van der Waals surface area contributed by atoms with Gasteiger partial charge >= 0.3 is 5.97 Å². The van der Waals surface area contributed by atoms with Crippen molar-refractivity contribution in [3.8, 4) is 5.75 Å². The highest BCUT2D eigenvalue weighted by Gasteiger charge is 2.01. The van der Waals surface area contributed by atoms with Gasteiger partial charge in [-0.25, -0.2) is 4.79 Å². The zero-order valence-electron chi connectivity index (χ0n) is 9.25. The topological polar surface area (TPSA) is 59.4 Å². The normalized spacial score (nSPS) is 10.9. The molecule has 4 heteroatoms. The maximum absolute atomic E-state index is 10.4. The van der Waals surface area contributed by atoms with Crippen LogP contribution in [0.3, 0.4) is 0 Å². The molecule has 1 aromatic carbocycles. The van der Waals surface area contributed by atoms with Crippen LogP contribution in [0.4, 0.5) is 0 Å². The Hall–Kier alpha value is -2.36. The quantitative estimate of drug-likeness (QED) is 0.820. The van der Waals surface area contributed by atoms with E-state index in [0.29, 0.717) is 0 Å². The van der Waals surface area contributed by atoms with Crippen LogP contribution in [0.25, 0.3) is 17.0 Å². The molecule has 0 amide bonds. The van der Waals surface area contributed by atoms with Crippen molar-refractivity contribution in [1.82, 2.24) is 4.98 Å². The van der Waals surface area contributed by atoms with Crippen LogP contribution < -0.4 is 4.74 Å². The number of hydrogen-bond donors (Lipinski definition) is 1. The Balaban J connectivity index is 2.48. The van der Waals surface area contributed by atoms with Crippen molar-refractivity contribution >= 4 is 22.9 Å². The van der Waals surface area contributed by atoms with Crippen molar-refractivity contribution in [2.75, 3.05) is 7.11 Å². The third-order valence-corrected chi connectivity index (χ3v) is 2.37. The predicted molar refractivity (Wildman–Crippen MR) is 65.0 cm³/mol. The fourth-order valence-electron chi connectivity index (χ4n) is 1.59. The molecule has 17 heavy (non-hydrogen) atoms. The molecule has 2 rings (SSSR count). The standard InChI is InChI=1S/C13H11NO3/c1-17-12-6-7-14-11-8-9(2-4-10(11)12)3-5-13(15)16/h2-8H,1H3,(H,15,16)/b5-3+. The summed E-state index contributed by atoms with van der Waals surface area (Å²) in [6.45, 7) is 0. The molecule has 0 atom stereocenters. The highest BCUT2D eigenvalue weighted by atomic mass is 16.5. The second kappa shape index (κ2) is 4.65. The number of aliphatic carboxylic acids is 1. The first-order chi connectivity index (χ1) is 8.20. The number of fused-ring (bicyclic) bond motifs is 1. The molecule has 86 valence electrons. The van der Waals surface area contributed by atoms with Crippen molar-refractivity contribution < 1.29 is 14.6 Å². The monoisotopic (exact) mass is 229 g/mol. The summed E-state index contributed by atoms with van der Waals surface area (Å²) in [6, 6.07) is 7.29. The molecule has 0 aliphatic rings. The number of hydrogen-bond acceptors (Lipinski definition) is 3. The number of carboxylic acid groups (broad SMARTS) is 1. The van der Waals surface area contributed by atoms with E-state index in [1.54, 1.807) is 19.4 Å². The molecule has 4 nitrogen and oxygen atoms in total. The Morgan fingerprint density at radius 1 is 1.41 bits per heavy atom. The molecule has 1 heterocycles. The molecule has 0 fully saturated rings. The molecule has 0 aliphatic heterocycles. The van der Waals surface area contributed by atoms with E-state index in [9.17, 15) is 4.79 Å². The molecule has 0 saturated carbocycles. The van der Waals surface area contributed by atoms with Crippen molar-refractivity contribution in [2.45, 2.75) is 0 Å². The van der Waals surface area contributed by atoms with Gasteiger partial charge in [0.05, 0.1) is 12.6 Å². The summed E-state index contributed by atoms with van der Waals surface area (Å²) in [5, 5.41) is 9.45. The molecule has 0 unspecified atom stereocenters. The Kier molecular flexibility index (Phi) is 3.05. The van der Waals surface area contributed by atoms with Crippen LogP contribution >= 0.6 is 0 Å². The van der Waals surface area contributed by atoms with E-state index in [1.165, 1.54) is 6.08 Å². The van der Waals surface area contributed by atoms with E-state index in [2.05, 4.69) is 4.98 Å². The smallest absolute Gasteiger partial charge is 0.328 e. The summed E-state index contributed by atoms with van der Waals surface area (Å²) in [5.41, 5.74) is 1.57. The SMILES string of the molecule is COc1ccnc2cc(/C=C/C(=O)O)ccc12. The van der Waals surface area contributed by atoms with Crippen molar-refractivity contribution in [1.29, 1.82) is 0 Å². The van der Waals surface area contributed by atoms with Gasteiger partial charge in [-0.05, 0) is 29.8 Å². The molecular formula is C13H11NO3. The van der Waals surface area contributed by atoms with E-state index < -0.39 is 5.97 Å². The molecule has 0 radical (unpaired) electrons. The average Bonchev–Trinajstić information content (AvgIpc) is 2.35. The molecular weight excluding hydrogens is 218 g/mol. The summed E-state index contributed by atoms with van der Waals surface area (Å²) in [7, 11) is 1.60. The Bertz CT molecular complexity index is 590. The Labute approximate surface area is 98.2 Å². The van der Waals surface area contributed by atoms with E-state index in [0.717, 1.165) is 28.3 Å². The Morgan fingerprint density at radius 2 is 2.24 bits per heavy atom. The lowest BCUT2D eigenvalue weighted by Gasteiger charge is -2.04. The van der Waals surface area contributed by atoms with Gasteiger partial charge in [0, 0.05) is 17.7 Å². The number of benzene rings is 1. The van der Waals surface area contributed by atoms with Gasteiger partial charge in [0.2, 0.25) is 0 Å². The number of aromatic nitrogens is 1. The predicted octanol–water partition coefficient (Wildman–Crippen LogP) is 2.34. The number of pyridine rings is 1. The molecule has 0 spiro atoms. The number of methoxy groups -OCH3 is 1. The van der Waals surface area contributed by atoms with E-state index in [1.807, 2.05) is 18.2 Å². The van der Waals surface area contributed by atoms with Gasteiger partial charge in [-0.1, -0.05) is 6.07 Å². The maximum atomic E-state index is 10.4. The third kappa shape index (κ3) is 2.42. The molecule has 0 saturated heterocycles. The van der Waals surface area contributed by atoms with Crippen molar-refractivity contribution in [3.05, 3.63) is 42.1 Å². The van der Waals surface area contributed by atoms with Crippen LogP contribution in [0.1, 0.15) is 5.56 Å². The summed E-state index contributed by atoms with van der Waals surface area (Å²) < 4.78 is 5.21. The summed E-state index contributed by atoms with van der Waals surface area (Å²) in [5.74, 6) is -0.215. The van der Waals surface area contributed by atoms with Gasteiger partial charge in [0.15, 0.2) is 0 Å². The van der Waals surface area contributed by atoms with Gasteiger partial charge in [-0.2, -0.15) is 0 Å². The van der Waals surface area contributed by atoms with Gasteiger partial charge < -0.3 is 9.84 Å². The van der Waals surface area contributed by atoms with Crippen molar-refractivity contribution in [2.24, 2.45) is 0 Å². The van der Waals surface area contributed by atoms with Gasteiger partial charge in [0.1, 0.15) is 5.75 Å². The zero-order chi connectivity index (χ0) is 12.3. The van der Waals surface area contributed by atoms with Gasteiger partial charge in [-0.15, -0.1) is 0 Å². The second-order valence-corrected chi connectivity index (χ2v) is 3.46. The van der Waals surface area contributed by atoms with Crippen LogP contribution in [0.15, 0.2) is 36.5 Å². The van der Waals surface area contributed by atoms with E-state index >= 15 is 0 Å². The van der Waals surface area contributed by atoms with Crippen LogP contribution in [0.5, 0.6) is 5.75 Å². The van der Waals surface area contributed by atoms with E-state index in [-0.39, 0.29) is 0 Å². The Morgan fingerprint density at radius 3 is 2.94 bits per heavy atom. The largest absolute Gasteiger partial charge is 0.496 e. The number of carbonyl (C=O) groups is 1. The number of ether oxygens (including phenoxy) is 1. The highest BCUT2D eigenvalue weighted by Crippen LogP contribution is 2.24. The maximum Gasteiger partial charge on any atom is 0.328 e. The summed E-state index contributed by atoms with van der Waals surface area (Å²) >= 11 is 0. The third-order valence-electron chi connectivity index (χ3n) is 2.37. The fraction of sp³-hybridized carbons (Fsp3) is 0.0769. The van der Waals surface area contributed by atoms with Crippen LogP contribution in [-0.4, -0.2) is 23.2 Å². The first-order valence-corrected chi connectivity index (χ1v) is 5.04. The van der Waals surface area contributed by atoms with Gasteiger partial charge in [-0.3, -0.25) is 4.98 Å². The lowest BCUT2D eigenvalue weighted by atomic mass is 10.1. The number of nitrogens with zero attached hydrogens (tertiary/aromatic N) is 1. The second-order valence-electron chi connectivity index (χ2n) is 3.46. The average molecular weight is 229 g/mol.